The van der Waals surface area contributed by atoms with Gasteiger partial charge < -0.3 is 14.8 Å². The van der Waals surface area contributed by atoms with Crippen molar-refractivity contribution in [3.05, 3.63) is 30.1 Å². The summed E-state index contributed by atoms with van der Waals surface area (Å²) in [5.41, 5.74) is 1.19. The highest BCUT2D eigenvalue weighted by Crippen LogP contribution is 1.95. The van der Waals surface area contributed by atoms with E-state index in [2.05, 4.69) is 23.3 Å². The molecule has 0 spiro atoms. The van der Waals surface area contributed by atoms with Crippen LogP contribution in [0.15, 0.2) is 24.5 Å². The quantitative estimate of drug-likeness (QED) is 0.674. The number of nitrogens with zero attached hydrogens (tertiary/aromatic N) is 1. The molecule has 0 saturated carbocycles. The second-order valence-electron chi connectivity index (χ2n) is 3.71. The first-order valence-electron chi connectivity index (χ1n) is 5.52. The van der Waals surface area contributed by atoms with Gasteiger partial charge in [0.15, 0.2) is 0 Å². The normalized spacial score (nSPS) is 12.6. The Kier molecular flexibility index (Phi) is 6.72. The number of nitrogens with one attached hydrogen (secondary N) is 1. The lowest BCUT2D eigenvalue weighted by Crippen LogP contribution is -2.30. The third kappa shape index (κ3) is 5.80. The molecule has 1 rings (SSSR count). The van der Waals surface area contributed by atoms with Gasteiger partial charge in [-0.05, 0) is 18.6 Å². The Morgan fingerprint density at radius 3 is 3.00 bits per heavy atom. The Hall–Kier alpha value is -0.970. The molecule has 4 heteroatoms. The van der Waals surface area contributed by atoms with Crippen molar-refractivity contribution in [3.8, 4) is 0 Å². The molecule has 1 N–H and O–H groups in total. The molecule has 1 unspecified atom stereocenters. The smallest absolute Gasteiger partial charge is 0.0701 e. The fourth-order valence-electron chi connectivity index (χ4n) is 1.26. The molecule has 0 radical (unpaired) electrons. The molecular weight excluding hydrogens is 204 g/mol. The summed E-state index contributed by atoms with van der Waals surface area (Å²) in [6.07, 6.45) is 3.65. The number of methoxy groups -OCH3 is 1. The number of rotatable bonds is 8. The first kappa shape index (κ1) is 13.1. The Bertz CT molecular complexity index is 267. The molecule has 0 amide bonds. The van der Waals surface area contributed by atoms with Gasteiger partial charge in [-0.3, -0.25) is 4.98 Å². The lowest BCUT2D eigenvalue weighted by atomic mass is 10.2. The maximum Gasteiger partial charge on any atom is 0.0701 e. The van der Waals surface area contributed by atoms with Crippen molar-refractivity contribution < 1.29 is 9.47 Å². The molecule has 4 nitrogen and oxygen atoms in total. The molecule has 0 fully saturated rings. The zero-order valence-electron chi connectivity index (χ0n) is 9.98. The molecule has 1 heterocycles. The second kappa shape index (κ2) is 8.21. The van der Waals surface area contributed by atoms with Crippen LogP contribution in [-0.2, 0) is 16.0 Å². The Balaban J connectivity index is 2.08. The maximum atomic E-state index is 5.42. The van der Waals surface area contributed by atoms with Crippen LogP contribution in [0.4, 0.5) is 0 Å². The van der Waals surface area contributed by atoms with E-state index >= 15 is 0 Å². The summed E-state index contributed by atoms with van der Waals surface area (Å²) in [4.78, 5) is 4.06. The first-order valence-corrected chi connectivity index (χ1v) is 5.52. The van der Waals surface area contributed by atoms with Gasteiger partial charge in [0.25, 0.3) is 0 Å². The van der Waals surface area contributed by atoms with E-state index in [-0.39, 0.29) is 0 Å². The van der Waals surface area contributed by atoms with E-state index in [4.69, 9.17) is 9.47 Å². The highest BCUT2D eigenvalue weighted by atomic mass is 16.5. The fraction of sp³-hybridized carbons (Fsp3) is 0.583. The summed E-state index contributed by atoms with van der Waals surface area (Å²) in [5.74, 6) is 0. The monoisotopic (exact) mass is 224 g/mol. The summed E-state index contributed by atoms with van der Waals surface area (Å²) in [6, 6.07) is 4.33. The van der Waals surface area contributed by atoms with Crippen molar-refractivity contribution in [3.63, 3.8) is 0 Å². The van der Waals surface area contributed by atoms with Crippen LogP contribution in [0.5, 0.6) is 0 Å². The summed E-state index contributed by atoms with van der Waals surface area (Å²) < 4.78 is 10.3. The zero-order chi connectivity index (χ0) is 11.6. The lowest BCUT2D eigenvalue weighted by Gasteiger charge is -2.13. The molecule has 1 atom stereocenters. The van der Waals surface area contributed by atoms with E-state index in [0.717, 1.165) is 6.54 Å². The Morgan fingerprint density at radius 1 is 1.44 bits per heavy atom. The zero-order valence-corrected chi connectivity index (χ0v) is 9.98. The minimum atomic E-state index is 0.331. The molecule has 16 heavy (non-hydrogen) atoms. The van der Waals surface area contributed by atoms with E-state index in [1.165, 1.54) is 5.56 Å². The third-order valence-electron chi connectivity index (χ3n) is 2.18. The molecular formula is C12H20N2O2. The van der Waals surface area contributed by atoms with E-state index in [9.17, 15) is 0 Å². The molecule has 90 valence electrons. The summed E-state index contributed by atoms with van der Waals surface area (Å²) in [6.45, 7) is 4.92. The van der Waals surface area contributed by atoms with Crippen molar-refractivity contribution in [1.82, 2.24) is 10.3 Å². The minimum Gasteiger partial charge on any atom is -0.382 e. The average Bonchev–Trinajstić information content (AvgIpc) is 2.33. The molecule has 1 aromatic heterocycles. The van der Waals surface area contributed by atoms with Crippen LogP contribution < -0.4 is 5.32 Å². The highest BCUT2D eigenvalue weighted by Gasteiger charge is 2.01. The van der Waals surface area contributed by atoms with Crippen molar-refractivity contribution in [2.45, 2.75) is 19.5 Å². The van der Waals surface area contributed by atoms with Crippen LogP contribution in [0.2, 0.25) is 0 Å². The summed E-state index contributed by atoms with van der Waals surface area (Å²) >= 11 is 0. The van der Waals surface area contributed by atoms with Crippen LogP contribution in [0, 0.1) is 0 Å². The lowest BCUT2D eigenvalue weighted by molar-refractivity contribution is 0.0608. The van der Waals surface area contributed by atoms with Gasteiger partial charge in [-0.15, -0.1) is 0 Å². The van der Waals surface area contributed by atoms with E-state index in [1.54, 1.807) is 13.3 Å². The minimum absolute atomic E-state index is 0.331. The average molecular weight is 224 g/mol. The third-order valence-corrected chi connectivity index (χ3v) is 2.18. The maximum absolute atomic E-state index is 5.42. The Morgan fingerprint density at radius 2 is 2.31 bits per heavy atom. The van der Waals surface area contributed by atoms with Crippen LogP contribution in [0.1, 0.15) is 12.5 Å². The number of ether oxygens (including phenoxy) is 2. The molecule has 0 aliphatic heterocycles. The molecule has 0 aromatic carbocycles. The standard InChI is InChI=1S/C12H20N2O2/c1-11(10-16-7-6-15-2)14-9-12-4-3-5-13-8-12/h3-5,8,11,14H,6-7,9-10H2,1-2H3. The molecule has 1 aromatic rings. The van der Waals surface area contributed by atoms with Gasteiger partial charge in [0.2, 0.25) is 0 Å². The van der Waals surface area contributed by atoms with Crippen LogP contribution in [-0.4, -0.2) is 38.0 Å². The van der Waals surface area contributed by atoms with Gasteiger partial charge in [-0.2, -0.15) is 0 Å². The van der Waals surface area contributed by atoms with Crippen molar-refractivity contribution in [2.75, 3.05) is 26.9 Å². The SMILES string of the molecule is COCCOCC(C)NCc1cccnc1. The predicted molar refractivity (Wildman–Crippen MR) is 63.2 cm³/mol. The highest BCUT2D eigenvalue weighted by molar-refractivity contribution is 5.07. The summed E-state index contributed by atoms with van der Waals surface area (Å²) in [5, 5.41) is 3.37. The van der Waals surface area contributed by atoms with E-state index < -0.39 is 0 Å². The van der Waals surface area contributed by atoms with Crippen molar-refractivity contribution in [2.24, 2.45) is 0 Å². The number of pyridine rings is 1. The Labute approximate surface area is 97.0 Å². The molecule has 0 aliphatic carbocycles. The van der Waals surface area contributed by atoms with E-state index in [0.29, 0.717) is 25.9 Å². The van der Waals surface area contributed by atoms with Crippen molar-refractivity contribution in [1.29, 1.82) is 0 Å². The molecule has 0 bridgehead atoms. The van der Waals surface area contributed by atoms with E-state index in [1.807, 2.05) is 12.3 Å². The fourth-order valence-corrected chi connectivity index (χ4v) is 1.26. The largest absolute Gasteiger partial charge is 0.382 e. The number of hydrogen-bond acceptors (Lipinski definition) is 4. The van der Waals surface area contributed by atoms with Gasteiger partial charge in [-0.25, -0.2) is 0 Å². The predicted octanol–water partition coefficient (Wildman–Crippen LogP) is 1.22. The van der Waals surface area contributed by atoms with Gasteiger partial charge in [0.05, 0.1) is 19.8 Å². The van der Waals surface area contributed by atoms with Gasteiger partial charge in [0.1, 0.15) is 0 Å². The van der Waals surface area contributed by atoms with Crippen LogP contribution >= 0.6 is 0 Å². The molecule has 0 aliphatic rings. The number of hydrogen-bond donors (Lipinski definition) is 1. The van der Waals surface area contributed by atoms with Gasteiger partial charge in [-0.1, -0.05) is 6.07 Å². The van der Waals surface area contributed by atoms with Crippen LogP contribution in [0.25, 0.3) is 0 Å². The second-order valence-corrected chi connectivity index (χ2v) is 3.71. The van der Waals surface area contributed by atoms with Crippen molar-refractivity contribution >= 4 is 0 Å². The summed E-state index contributed by atoms with van der Waals surface area (Å²) in [7, 11) is 1.67. The topological polar surface area (TPSA) is 43.4 Å². The van der Waals surface area contributed by atoms with Gasteiger partial charge in [0, 0.05) is 32.1 Å². The molecule has 0 saturated heterocycles. The van der Waals surface area contributed by atoms with Crippen LogP contribution in [0.3, 0.4) is 0 Å². The van der Waals surface area contributed by atoms with Gasteiger partial charge >= 0.3 is 0 Å². The first-order chi connectivity index (χ1) is 7.83. The number of aromatic nitrogens is 1.